The molecular weight excluding hydrogens is 492 g/mol. The molecule has 39 heavy (non-hydrogen) atoms. The second-order valence-corrected chi connectivity index (χ2v) is 10.8. The lowest BCUT2D eigenvalue weighted by molar-refractivity contribution is -0.135. The third-order valence-corrected chi connectivity index (χ3v) is 7.90. The van der Waals surface area contributed by atoms with E-state index in [1.165, 1.54) is 0 Å². The fraction of sp³-hybridized carbons (Fsp3) is 0.375. The number of fused-ring (bicyclic) bond motifs is 3. The lowest BCUT2D eigenvalue weighted by atomic mass is 9.86. The number of nitrogens with zero attached hydrogens (tertiary/aromatic N) is 1. The van der Waals surface area contributed by atoms with Crippen molar-refractivity contribution in [2.75, 3.05) is 19.6 Å². The standard InChI is InChI=1S/C32H34N2O5/c35-31(25-11-12-25)38-27-13-9-22(10-14-27)21-37-28-8-4-7-26(19-28)30(24-5-2-1-3-6-24)33-32(36)39-29-20-34-17-15-23(29)16-18-34/h1-10,13-14,19,23,25,29-30H,11-12,15-18,20-21H2,(H,33,36)/t29-,30?/m0/s1. The van der Waals surface area contributed by atoms with Gasteiger partial charge in [-0.05, 0) is 85.6 Å². The van der Waals surface area contributed by atoms with Crippen molar-refractivity contribution >= 4 is 12.1 Å². The minimum absolute atomic E-state index is 0.0535. The number of nitrogens with one attached hydrogen (secondary N) is 1. The van der Waals surface area contributed by atoms with Crippen LogP contribution in [0.2, 0.25) is 0 Å². The Balaban J connectivity index is 1.11. The van der Waals surface area contributed by atoms with Crippen LogP contribution in [-0.4, -0.2) is 42.7 Å². The van der Waals surface area contributed by atoms with E-state index in [9.17, 15) is 9.59 Å². The number of benzene rings is 3. The van der Waals surface area contributed by atoms with Gasteiger partial charge in [0.25, 0.3) is 0 Å². The summed E-state index contributed by atoms with van der Waals surface area (Å²) in [6.07, 6.45) is 3.58. The average Bonchev–Trinajstić information content (AvgIpc) is 3.83. The highest BCUT2D eigenvalue weighted by Gasteiger charge is 2.37. The van der Waals surface area contributed by atoms with Crippen LogP contribution in [0.5, 0.6) is 11.5 Å². The summed E-state index contributed by atoms with van der Waals surface area (Å²) >= 11 is 0. The van der Waals surface area contributed by atoms with Crippen LogP contribution in [-0.2, 0) is 16.1 Å². The fourth-order valence-corrected chi connectivity index (χ4v) is 5.46. The number of hydrogen-bond acceptors (Lipinski definition) is 6. The molecule has 0 radical (unpaired) electrons. The molecule has 7 rings (SSSR count). The van der Waals surface area contributed by atoms with Crippen LogP contribution < -0.4 is 14.8 Å². The van der Waals surface area contributed by atoms with Gasteiger partial charge < -0.3 is 19.5 Å². The van der Waals surface area contributed by atoms with Crippen molar-refractivity contribution in [2.45, 2.75) is 44.4 Å². The number of alkyl carbamates (subject to hydrolysis) is 1. The molecule has 1 aliphatic carbocycles. The second kappa shape index (κ2) is 11.5. The Bertz CT molecular complexity index is 1280. The third kappa shape index (κ3) is 6.42. The fourth-order valence-electron chi connectivity index (χ4n) is 5.46. The summed E-state index contributed by atoms with van der Waals surface area (Å²) in [5.74, 6) is 1.62. The van der Waals surface area contributed by atoms with Crippen LogP contribution in [0.3, 0.4) is 0 Å². The van der Waals surface area contributed by atoms with Gasteiger partial charge in [-0.25, -0.2) is 4.79 Å². The quantitative estimate of drug-likeness (QED) is 0.294. The molecule has 0 aromatic heterocycles. The van der Waals surface area contributed by atoms with Crippen LogP contribution in [0.15, 0.2) is 78.9 Å². The number of rotatable bonds is 9. The number of amides is 1. The van der Waals surface area contributed by atoms with Gasteiger partial charge in [-0.15, -0.1) is 0 Å². The van der Waals surface area contributed by atoms with Crippen LogP contribution >= 0.6 is 0 Å². The average molecular weight is 527 g/mol. The lowest BCUT2D eigenvalue weighted by Gasteiger charge is -2.43. The smallest absolute Gasteiger partial charge is 0.408 e. The molecule has 3 aromatic carbocycles. The molecule has 4 fully saturated rings. The molecule has 3 aliphatic heterocycles. The Labute approximate surface area is 229 Å². The van der Waals surface area contributed by atoms with Gasteiger partial charge in [0.15, 0.2) is 0 Å². The monoisotopic (exact) mass is 526 g/mol. The minimum atomic E-state index is -0.392. The predicted molar refractivity (Wildman–Crippen MR) is 146 cm³/mol. The highest BCUT2D eigenvalue weighted by molar-refractivity contribution is 5.77. The van der Waals surface area contributed by atoms with Crippen molar-refractivity contribution in [1.82, 2.24) is 10.2 Å². The topological polar surface area (TPSA) is 77.1 Å². The highest BCUT2D eigenvalue weighted by Crippen LogP contribution is 2.32. The number of carbonyl (C=O) groups excluding carboxylic acids is 2. The molecule has 4 aliphatic rings. The molecule has 1 N–H and O–H groups in total. The van der Waals surface area contributed by atoms with Gasteiger partial charge in [-0.3, -0.25) is 9.69 Å². The van der Waals surface area contributed by atoms with Crippen molar-refractivity contribution in [3.05, 3.63) is 95.6 Å². The number of piperidine rings is 3. The van der Waals surface area contributed by atoms with E-state index in [0.29, 0.717) is 24.0 Å². The van der Waals surface area contributed by atoms with Gasteiger partial charge in [-0.2, -0.15) is 0 Å². The molecule has 3 heterocycles. The highest BCUT2D eigenvalue weighted by atomic mass is 16.6. The first-order valence-electron chi connectivity index (χ1n) is 13.9. The largest absolute Gasteiger partial charge is 0.489 e. The third-order valence-electron chi connectivity index (χ3n) is 7.90. The minimum Gasteiger partial charge on any atom is -0.489 e. The van der Waals surface area contributed by atoms with Gasteiger partial charge in [0.1, 0.15) is 24.2 Å². The van der Waals surface area contributed by atoms with Gasteiger partial charge in [-0.1, -0.05) is 54.6 Å². The summed E-state index contributed by atoms with van der Waals surface area (Å²) in [5.41, 5.74) is 2.84. The first kappa shape index (κ1) is 25.4. The zero-order chi connectivity index (χ0) is 26.6. The van der Waals surface area contributed by atoms with E-state index in [1.54, 1.807) is 12.1 Å². The zero-order valence-corrected chi connectivity index (χ0v) is 22.0. The maximum atomic E-state index is 13.1. The molecule has 2 atom stereocenters. The summed E-state index contributed by atoms with van der Waals surface area (Å²) in [4.78, 5) is 27.3. The molecule has 3 saturated heterocycles. The van der Waals surface area contributed by atoms with Gasteiger partial charge in [0, 0.05) is 6.54 Å². The molecule has 7 nitrogen and oxygen atoms in total. The normalized spacial score (nSPS) is 22.5. The first-order valence-corrected chi connectivity index (χ1v) is 13.9. The first-order chi connectivity index (χ1) is 19.1. The summed E-state index contributed by atoms with van der Waals surface area (Å²) < 4.78 is 17.4. The van der Waals surface area contributed by atoms with E-state index in [0.717, 1.165) is 62.0 Å². The van der Waals surface area contributed by atoms with Gasteiger partial charge in [0.05, 0.1) is 12.0 Å². The van der Waals surface area contributed by atoms with E-state index in [4.69, 9.17) is 14.2 Å². The Morgan fingerprint density at radius 1 is 0.846 bits per heavy atom. The van der Waals surface area contributed by atoms with Crippen LogP contribution in [0.4, 0.5) is 4.79 Å². The van der Waals surface area contributed by atoms with Crippen molar-refractivity contribution in [3.63, 3.8) is 0 Å². The second-order valence-electron chi connectivity index (χ2n) is 10.8. The zero-order valence-electron chi connectivity index (χ0n) is 22.0. The van der Waals surface area contributed by atoms with Crippen molar-refractivity contribution in [1.29, 1.82) is 0 Å². The maximum Gasteiger partial charge on any atom is 0.408 e. The van der Waals surface area contributed by atoms with Crippen molar-refractivity contribution in [2.24, 2.45) is 11.8 Å². The number of hydrogen-bond donors (Lipinski definition) is 1. The summed E-state index contributed by atoms with van der Waals surface area (Å²) in [6.45, 7) is 3.39. The van der Waals surface area contributed by atoms with E-state index in [2.05, 4.69) is 10.2 Å². The van der Waals surface area contributed by atoms with Crippen LogP contribution in [0, 0.1) is 11.8 Å². The molecule has 2 bridgehead atoms. The van der Waals surface area contributed by atoms with Crippen molar-refractivity contribution < 1.29 is 23.8 Å². The van der Waals surface area contributed by atoms with E-state index in [1.807, 2.05) is 66.7 Å². The summed E-state index contributed by atoms with van der Waals surface area (Å²) in [7, 11) is 0. The van der Waals surface area contributed by atoms with E-state index < -0.39 is 6.09 Å². The Morgan fingerprint density at radius 3 is 2.28 bits per heavy atom. The van der Waals surface area contributed by atoms with Gasteiger partial charge in [0.2, 0.25) is 0 Å². The SMILES string of the molecule is O=C(NC(c1ccccc1)c1cccc(OCc2ccc(OC(=O)C3CC3)cc2)c1)O[C@H]1CN2CCC1CC2. The molecule has 3 aromatic rings. The van der Waals surface area contributed by atoms with Crippen LogP contribution in [0.1, 0.15) is 48.4 Å². The Kier molecular flexibility index (Phi) is 7.50. The summed E-state index contributed by atoms with van der Waals surface area (Å²) in [5, 5.41) is 3.11. The number of ether oxygens (including phenoxy) is 3. The predicted octanol–water partition coefficient (Wildman–Crippen LogP) is 5.49. The number of carbonyl (C=O) groups is 2. The van der Waals surface area contributed by atoms with E-state index >= 15 is 0 Å². The Hall–Kier alpha value is -3.84. The molecule has 1 amide bonds. The molecule has 1 saturated carbocycles. The maximum absolute atomic E-state index is 13.1. The molecule has 202 valence electrons. The van der Waals surface area contributed by atoms with Crippen LogP contribution in [0.25, 0.3) is 0 Å². The summed E-state index contributed by atoms with van der Waals surface area (Å²) in [6, 6.07) is 24.7. The van der Waals surface area contributed by atoms with Crippen molar-refractivity contribution in [3.8, 4) is 11.5 Å². The number of esters is 1. The van der Waals surface area contributed by atoms with E-state index in [-0.39, 0.29) is 24.0 Å². The Morgan fingerprint density at radius 2 is 1.59 bits per heavy atom. The molecule has 7 heteroatoms. The lowest BCUT2D eigenvalue weighted by Crippen LogP contribution is -2.52. The molecule has 0 spiro atoms. The molecule has 1 unspecified atom stereocenters. The van der Waals surface area contributed by atoms with Gasteiger partial charge >= 0.3 is 12.1 Å². The molecular formula is C32H34N2O5.